The van der Waals surface area contributed by atoms with Crippen LogP contribution in [0.3, 0.4) is 0 Å². The lowest BCUT2D eigenvalue weighted by atomic mass is 9.96. The third-order valence-electron chi connectivity index (χ3n) is 5.57. The molecule has 21 heavy (non-hydrogen) atoms. The molecule has 1 aromatic carbocycles. The largest absolute Gasteiger partial charge is 0.297 e. The maximum atomic E-state index is 2.88. The first-order valence-corrected chi connectivity index (χ1v) is 9.70. The summed E-state index contributed by atoms with van der Waals surface area (Å²) in [6.45, 7) is 3.87. The molecule has 0 bridgehead atoms. The van der Waals surface area contributed by atoms with Gasteiger partial charge in [0.15, 0.2) is 0 Å². The minimum atomic E-state index is 0.619. The maximum absolute atomic E-state index is 2.88. The van der Waals surface area contributed by atoms with Gasteiger partial charge >= 0.3 is 0 Å². The predicted molar refractivity (Wildman–Crippen MR) is 90.8 cm³/mol. The normalized spacial score (nSPS) is 32.2. The van der Waals surface area contributed by atoms with Crippen molar-refractivity contribution in [3.8, 4) is 0 Å². The Kier molecular flexibility index (Phi) is 4.24. The summed E-state index contributed by atoms with van der Waals surface area (Å²) in [7, 11) is 0. The van der Waals surface area contributed by atoms with Gasteiger partial charge in [-0.1, -0.05) is 30.3 Å². The van der Waals surface area contributed by atoms with Crippen LogP contribution in [0.25, 0.3) is 0 Å². The molecule has 3 heteroatoms. The van der Waals surface area contributed by atoms with Crippen LogP contribution in [0, 0.1) is 0 Å². The summed E-state index contributed by atoms with van der Waals surface area (Å²) in [6, 6.07) is 13.5. The van der Waals surface area contributed by atoms with E-state index in [1.165, 1.54) is 62.4 Å². The van der Waals surface area contributed by atoms with Crippen molar-refractivity contribution in [3.63, 3.8) is 0 Å². The number of hydrogen-bond donors (Lipinski definition) is 0. The second kappa shape index (κ2) is 6.31. The van der Waals surface area contributed by atoms with Crippen molar-refractivity contribution in [2.45, 2.75) is 43.8 Å². The SMILES string of the molecule is c1ccc(C2CN3CCCC3CN2C2CCSCC2)cc1. The van der Waals surface area contributed by atoms with Crippen LogP contribution in [-0.4, -0.2) is 53.0 Å². The fourth-order valence-electron chi connectivity index (χ4n) is 4.43. The molecule has 0 N–H and O–H groups in total. The zero-order valence-corrected chi connectivity index (χ0v) is 13.6. The van der Waals surface area contributed by atoms with Gasteiger partial charge in [-0.25, -0.2) is 0 Å². The van der Waals surface area contributed by atoms with E-state index >= 15 is 0 Å². The summed E-state index contributed by atoms with van der Waals surface area (Å²) in [4.78, 5) is 5.63. The van der Waals surface area contributed by atoms with Crippen molar-refractivity contribution in [2.75, 3.05) is 31.1 Å². The smallest absolute Gasteiger partial charge is 0.0478 e. The van der Waals surface area contributed by atoms with Crippen molar-refractivity contribution in [1.82, 2.24) is 9.80 Å². The molecule has 3 heterocycles. The number of fused-ring (bicyclic) bond motifs is 1. The van der Waals surface area contributed by atoms with Crippen LogP contribution in [0.5, 0.6) is 0 Å². The van der Waals surface area contributed by atoms with Gasteiger partial charge in [-0.3, -0.25) is 9.80 Å². The van der Waals surface area contributed by atoms with Gasteiger partial charge in [0, 0.05) is 31.2 Å². The van der Waals surface area contributed by atoms with Crippen molar-refractivity contribution >= 4 is 11.8 Å². The third kappa shape index (κ3) is 2.88. The average molecular weight is 302 g/mol. The Labute approximate surface area is 132 Å². The minimum Gasteiger partial charge on any atom is -0.297 e. The van der Waals surface area contributed by atoms with Gasteiger partial charge in [0.05, 0.1) is 0 Å². The first-order valence-electron chi connectivity index (χ1n) is 8.54. The zero-order valence-electron chi connectivity index (χ0n) is 12.8. The molecule has 0 aromatic heterocycles. The molecule has 0 aliphatic carbocycles. The van der Waals surface area contributed by atoms with Crippen LogP contribution in [0.1, 0.15) is 37.3 Å². The molecule has 3 aliphatic heterocycles. The number of benzene rings is 1. The molecule has 2 unspecified atom stereocenters. The highest BCUT2D eigenvalue weighted by Gasteiger charge is 2.39. The quantitative estimate of drug-likeness (QED) is 0.827. The van der Waals surface area contributed by atoms with E-state index in [4.69, 9.17) is 0 Å². The van der Waals surface area contributed by atoms with Crippen molar-refractivity contribution in [2.24, 2.45) is 0 Å². The highest BCUT2D eigenvalue weighted by molar-refractivity contribution is 7.99. The van der Waals surface area contributed by atoms with Crippen molar-refractivity contribution < 1.29 is 0 Å². The van der Waals surface area contributed by atoms with Crippen LogP contribution in [0.2, 0.25) is 0 Å². The highest BCUT2D eigenvalue weighted by atomic mass is 32.2. The Morgan fingerprint density at radius 1 is 0.905 bits per heavy atom. The van der Waals surface area contributed by atoms with Gasteiger partial charge in [-0.15, -0.1) is 0 Å². The molecule has 0 spiro atoms. The lowest BCUT2D eigenvalue weighted by molar-refractivity contribution is 0.0163. The summed E-state index contributed by atoms with van der Waals surface area (Å²) < 4.78 is 0. The monoisotopic (exact) mass is 302 g/mol. The fourth-order valence-corrected chi connectivity index (χ4v) is 5.51. The van der Waals surface area contributed by atoms with E-state index in [9.17, 15) is 0 Å². The Morgan fingerprint density at radius 3 is 2.52 bits per heavy atom. The molecule has 2 atom stereocenters. The molecule has 0 amide bonds. The first-order chi connectivity index (χ1) is 10.4. The van der Waals surface area contributed by atoms with Crippen LogP contribution in [0.15, 0.2) is 30.3 Å². The van der Waals surface area contributed by atoms with Gasteiger partial charge in [-0.05, 0) is 49.3 Å². The van der Waals surface area contributed by atoms with Gasteiger partial charge in [0.2, 0.25) is 0 Å². The van der Waals surface area contributed by atoms with E-state index in [-0.39, 0.29) is 0 Å². The molecule has 114 valence electrons. The lowest BCUT2D eigenvalue weighted by Crippen LogP contribution is -2.55. The third-order valence-corrected chi connectivity index (χ3v) is 6.62. The topological polar surface area (TPSA) is 6.48 Å². The molecule has 2 nitrogen and oxygen atoms in total. The van der Waals surface area contributed by atoms with Crippen LogP contribution in [0.4, 0.5) is 0 Å². The fraction of sp³-hybridized carbons (Fsp3) is 0.667. The summed E-state index contributed by atoms with van der Waals surface area (Å²) >= 11 is 2.14. The average Bonchev–Trinajstić information content (AvgIpc) is 3.03. The van der Waals surface area contributed by atoms with E-state index in [1.807, 2.05) is 0 Å². The molecule has 1 aromatic rings. The highest BCUT2D eigenvalue weighted by Crippen LogP contribution is 2.36. The minimum absolute atomic E-state index is 0.619. The van der Waals surface area contributed by atoms with Crippen LogP contribution in [-0.2, 0) is 0 Å². The summed E-state index contributed by atoms with van der Waals surface area (Å²) in [6.07, 6.45) is 5.60. The van der Waals surface area contributed by atoms with Crippen LogP contribution >= 0.6 is 11.8 Å². The molecule has 3 saturated heterocycles. The number of rotatable bonds is 2. The van der Waals surface area contributed by atoms with E-state index in [2.05, 4.69) is 51.9 Å². The number of nitrogens with zero attached hydrogens (tertiary/aromatic N) is 2. The maximum Gasteiger partial charge on any atom is 0.0478 e. The molecule has 0 radical (unpaired) electrons. The Hall–Kier alpha value is -0.510. The van der Waals surface area contributed by atoms with Crippen LogP contribution < -0.4 is 0 Å². The molecule has 4 rings (SSSR count). The van der Waals surface area contributed by atoms with E-state index in [0.717, 1.165) is 12.1 Å². The van der Waals surface area contributed by atoms with Gasteiger partial charge < -0.3 is 0 Å². The molecule has 3 fully saturated rings. The van der Waals surface area contributed by atoms with E-state index in [0.29, 0.717) is 6.04 Å². The first kappa shape index (κ1) is 14.1. The predicted octanol–water partition coefficient (Wildman–Crippen LogP) is 3.40. The van der Waals surface area contributed by atoms with Gasteiger partial charge in [0.1, 0.15) is 0 Å². The summed E-state index contributed by atoms with van der Waals surface area (Å²) in [5, 5.41) is 0. The number of hydrogen-bond acceptors (Lipinski definition) is 3. The number of thioether (sulfide) groups is 1. The standard InChI is InChI=1S/C18H26N2S/c1-2-5-15(6-3-1)18-14-19-10-4-7-17(19)13-20(18)16-8-11-21-12-9-16/h1-3,5-6,16-18H,4,7-14H2. The summed E-state index contributed by atoms with van der Waals surface area (Å²) in [5.74, 6) is 2.72. The second-order valence-corrected chi connectivity index (χ2v) is 7.98. The van der Waals surface area contributed by atoms with E-state index in [1.54, 1.807) is 0 Å². The van der Waals surface area contributed by atoms with Gasteiger partial charge in [0.25, 0.3) is 0 Å². The molecular formula is C18H26N2S. The molecular weight excluding hydrogens is 276 g/mol. The Morgan fingerprint density at radius 2 is 1.71 bits per heavy atom. The van der Waals surface area contributed by atoms with Gasteiger partial charge in [-0.2, -0.15) is 11.8 Å². The van der Waals surface area contributed by atoms with Crippen molar-refractivity contribution in [3.05, 3.63) is 35.9 Å². The Balaban J connectivity index is 1.59. The molecule has 0 saturated carbocycles. The lowest BCUT2D eigenvalue weighted by Gasteiger charge is -2.48. The zero-order chi connectivity index (χ0) is 14.1. The Bertz CT molecular complexity index is 458. The molecule has 3 aliphatic rings. The van der Waals surface area contributed by atoms with Crippen molar-refractivity contribution in [1.29, 1.82) is 0 Å². The van der Waals surface area contributed by atoms with E-state index < -0.39 is 0 Å². The summed E-state index contributed by atoms with van der Waals surface area (Å²) in [5.41, 5.74) is 1.53. The second-order valence-electron chi connectivity index (χ2n) is 6.76. The number of piperazine rings is 1.